The van der Waals surface area contributed by atoms with E-state index in [1.165, 1.54) is 6.33 Å². The predicted octanol–water partition coefficient (Wildman–Crippen LogP) is 4.48. The molecule has 3 heterocycles. The summed E-state index contributed by atoms with van der Waals surface area (Å²) in [5, 5.41) is 4.97. The molecule has 0 aliphatic carbocycles. The Hall–Kier alpha value is -3.71. The monoisotopic (exact) mass is 417 g/mol. The van der Waals surface area contributed by atoms with Crippen LogP contribution in [0.2, 0.25) is 5.02 Å². The molecule has 0 bridgehead atoms. The Morgan fingerprint density at radius 3 is 2.80 bits per heavy atom. The van der Waals surface area contributed by atoms with Gasteiger partial charge in [0.05, 0.1) is 22.8 Å². The number of hydrogen-bond acceptors (Lipinski definition) is 5. The Kier molecular flexibility index (Phi) is 4.16. The first-order valence-corrected chi connectivity index (χ1v) is 9.74. The van der Waals surface area contributed by atoms with Crippen LogP contribution in [0.3, 0.4) is 0 Å². The average molecular weight is 418 g/mol. The summed E-state index contributed by atoms with van der Waals surface area (Å²) < 4.78 is 9.39. The summed E-state index contributed by atoms with van der Waals surface area (Å²) in [5.74, 6) is 0.477. The van der Waals surface area contributed by atoms with Gasteiger partial charge >= 0.3 is 0 Å². The van der Waals surface area contributed by atoms with Crippen LogP contribution in [0.1, 0.15) is 20.0 Å². The number of benzene rings is 2. The maximum atomic E-state index is 13.5. The van der Waals surface area contributed by atoms with E-state index >= 15 is 0 Å². The molecule has 0 aliphatic rings. The third-order valence-electron chi connectivity index (χ3n) is 5.00. The highest BCUT2D eigenvalue weighted by Gasteiger charge is 2.19. The number of pyridine rings is 1. The molecule has 0 unspecified atom stereocenters. The van der Waals surface area contributed by atoms with Crippen LogP contribution in [0.25, 0.3) is 27.6 Å². The second-order valence-corrected chi connectivity index (χ2v) is 7.29. The van der Waals surface area contributed by atoms with Crippen molar-refractivity contribution in [2.45, 2.75) is 13.0 Å². The molecule has 0 saturated heterocycles. The molecule has 0 aliphatic heterocycles. The van der Waals surface area contributed by atoms with E-state index in [9.17, 15) is 4.79 Å². The number of aromatic amines is 1. The minimum absolute atomic E-state index is 0.00717. The molecule has 0 fully saturated rings. The molecule has 148 valence electrons. The lowest BCUT2D eigenvalue weighted by Crippen LogP contribution is -2.25. The van der Waals surface area contributed by atoms with Gasteiger partial charge < -0.3 is 10.3 Å². The summed E-state index contributed by atoms with van der Waals surface area (Å²) in [6.07, 6.45) is 1.41. The van der Waals surface area contributed by atoms with E-state index < -0.39 is 0 Å². The molecule has 1 atom stereocenters. The molecular formula is C22H17ClN6O. The predicted molar refractivity (Wildman–Crippen MR) is 118 cm³/mol. The first kappa shape index (κ1) is 17.2. The Bertz CT molecular complexity index is 1480. The standard InChI is InChI=1S/C22H17ClN6O/c1-13(28-21-19-20(25-11-24-19)26-12-27-21)17-10-14-6-5-9-16(23)18(14)22(30)29(17)15-7-3-2-4-8-15/h2-13H,1H3,(H2,24,25,26,27,28)/t13-/m0/s1/i11D. The van der Waals surface area contributed by atoms with Crippen molar-refractivity contribution in [2.75, 3.05) is 5.32 Å². The molecule has 8 heteroatoms. The molecule has 2 aromatic carbocycles. The highest BCUT2D eigenvalue weighted by atomic mass is 35.5. The van der Waals surface area contributed by atoms with Gasteiger partial charge in [0.2, 0.25) is 0 Å². The van der Waals surface area contributed by atoms with Gasteiger partial charge in [-0.3, -0.25) is 9.36 Å². The number of halogens is 1. The molecule has 2 N–H and O–H groups in total. The Morgan fingerprint density at radius 1 is 1.13 bits per heavy atom. The lowest BCUT2D eigenvalue weighted by Gasteiger charge is -2.21. The van der Waals surface area contributed by atoms with E-state index in [1.807, 2.05) is 55.5 Å². The first-order chi connectivity index (χ1) is 15.0. The first-order valence-electron chi connectivity index (χ1n) is 9.86. The zero-order valence-electron chi connectivity index (χ0n) is 16.9. The molecule has 0 amide bonds. The van der Waals surface area contributed by atoms with Crippen molar-refractivity contribution in [3.8, 4) is 5.69 Å². The van der Waals surface area contributed by atoms with E-state index in [1.54, 1.807) is 10.6 Å². The lowest BCUT2D eigenvalue weighted by molar-refractivity contribution is 0.774. The normalized spacial score (nSPS) is 12.8. The van der Waals surface area contributed by atoms with E-state index in [0.29, 0.717) is 27.4 Å². The van der Waals surface area contributed by atoms with E-state index in [4.69, 9.17) is 13.0 Å². The molecule has 0 saturated carbocycles. The van der Waals surface area contributed by atoms with Gasteiger partial charge in [0.1, 0.15) is 13.2 Å². The Labute approximate surface area is 177 Å². The van der Waals surface area contributed by atoms with Gasteiger partial charge in [0.25, 0.3) is 5.56 Å². The molecule has 3 aromatic heterocycles. The van der Waals surface area contributed by atoms with Gasteiger partial charge in [-0.05, 0) is 36.6 Å². The largest absolute Gasteiger partial charge is 0.360 e. The number of anilines is 1. The van der Waals surface area contributed by atoms with Gasteiger partial charge in [-0.15, -0.1) is 0 Å². The highest BCUT2D eigenvalue weighted by Crippen LogP contribution is 2.27. The highest BCUT2D eigenvalue weighted by molar-refractivity contribution is 6.35. The summed E-state index contributed by atoms with van der Waals surface area (Å²) >= 11 is 6.38. The Balaban J connectivity index is 1.70. The van der Waals surface area contributed by atoms with E-state index in [2.05, 4.69) is 25.3 Å². The van der Waals surface area contributed by atoms with Crippen molar-refractivity contribution in [1.82, 2.24) is 24.5 Å². The second kappa shape index (κ2) is 7.27. The molecule has 30 heavy (non-hydrogen) atoms. The van der Waals surface area contributed by atoms with Crippen molar-refractivity contribution in [3.05, 3.63) is 88.3 Å². The number of H-pyrrole nitrogens is 1. The van der Waals surface area contributed by atoms with Gasteiger partial charge in [0, 0.05) is 11.4 Å². The van der Waals surface area contributed by atoms with Crippen molar-refractivity contribution in [2.24, 2.45) is 0 Å². The number of nitrogens with one attached hydrogen (secondary N) is 2. The number of aromatic nitrogens is 5. The summed E-state index contributed by atoms with van der Waals surface area (Å²) in [4.78, 5) is 28.9. The minimum atomic E-state index is -0.319. The van der Waals surface area contributed by atoms with Crippen LogP contribution in [0, 0.1) is 0 Å². The number of para-hydroxylation sites is 1. The number of nitrogens with zero attached hydrogens (tertiary/aromatic N) is 4. The number of hydrogen-bond donors (Lipinski definition) is 2. The zero-order chi connectivity index (χ0) is 21.5. The molecule has 0 spiro atoms. The number of rotatable bonds is 4. The van der Waals surface area contributed by atoms with Crippen LogP contribution in [0.4, 0.5) is 5.82 Å². The molecule has 7 nitrogen and oxygen atoms in total. The van der Waals surface area contributed by atoms with Crippen LogP contribution < -0.4 is 10.9 Å². The van der Waals surface area contributed by atoms with Crippen LogP contribution in [0.15, 0.2) is 72.0 Å². The number of imidazole rings is 1. The van der Waals surface area contributed by atoms with Gasteiger partial charge in [-0.2, -0.15) is 0 Å². The maximum Gasteiger partial charge on any atom is 0.264 e. The third kappa shape index (κ3) is 3.00. The summed E-state index contributed by atoms with van der Waals surface area (Å²) in [6.45, 7) is 1.94. The molecular weight excluding hydrogens is 400 g/mol. The van der Waals surface area contributed by atoms with Crippen LogP contribution in [-0.2, 0) is 0 Å². The SMILES string of the molecule is [2H]c1nc2c(N[C@@H](C)c3cc4cccc(Cl)c4c(=O)n3-c3ccccc3)ncnc2[nH]1. The van der Waals surface area contributed by atoms with Crippen LogP contribution in [-0.4, -0.2) is 24.5 Å². The smallest absolute Gasteiger partial charge is 0.264 e. The topological polar surface area (TPSA) is 88.5 Å². The van der Waals surface area contributed by atoms with Crippen molar-refractivity contribution in [3.63, 3.8) is 0 Å². The number of fused-ring (bicyclic) bond motifs is 2. The summed E-state index contributed by atoms with van der Waals surface area (Å²) in [7, 11) is 0. The fourth-order valence-corrected chi connectivity index (χ4v) is 3.86. The van der Waals surface area contributed by atoms with Crippen LogP contribution in [0.5, 0.6) is 0 Å². The van der Waals surface area contributed by atoms with Gasteiger partial charge in [0.15, 0.2) is 11.5 Å². The van der Waals surface area contributed by atoms with Crippen molar-refractivity contribution in [1.29, 1.82) is 0 Å². The van der Waals surface area contributed by atoms with Crippen molar-refractivity contribution >= 4 is 39.4 Å². The molecule has 0 radical (unpaired) electrons. The van der Waals surface area contributed by atoms with Gasteiger partial charge in [-0.25, -0.2) is 15.0 Å². The van der Waals surface area contributed by atoms with E-state index in [-0.39, 0.29) is 17.9 Å². The van der Waals surface area contributed by atoms with Crippen LogP contribution >= 0.6 is 11.6 Å². The third-order valence-corrected chi connectivity index (χ3v) is 5.31. The molecule has 5 rings (SSSR count). The fraction of sp³-hybridized carbons (Fsp3) is 0.0909. The minimum Gasteiger partial charge on any atom is -0.360 e. The van der Waals surface area contributed by atoms with Crippen molar-refractivity contribution < 1.29 is 1.37 Å². The van der Waals surface area contributed by atoms with E-state index in [0.717, 1.165) is 16.8 Å². The fourth-order valence-electron chi connectivity index (χ4n) is 3.60. The Morgan fingerprint density at radius 2 is 1.97 bits per heavy atom. The summed E-state index contributed by atoms with van der Waals surface area (Å²) in [5.41, 5.74) is 2.22. The quantitative estimate of drug-likeness (QED) is 0.450. The second-order valence-electron chi connectivity index (χ2n) is 6.88. The zero-order valence-corrected chi connectivity index (χ0v) is 16.7. The lowest BCUT2D eigenvalue weighted by atomic mass is 10.1. The maximum absolute atomic E-state index is 13.5. The average Bonchev–Trinajstić information content (AvgIpc) is 3.15. The summed E-state index contributed by atoms with van der Waals surface area (Å²) in [6, 6.07) is 16.5. The molecule has 5 aromatic rings. The van der Waals surface area contributed by atoms with Gasteiger partial charge in [-0.1, -0.05) is 41.9 Å².